The Bertz CT molecular complexity index is 678. The Morgan fingerprint density at radius 3 is 2.95 bits per heavy atom. The Kier molecular flexibility index (Phi) is 2.17. The van der Waals surface area contributed by atoms with Gasteiger partial charge in [-0.1, -0.05) is 23.4 Å². The third kappa shape index (κ3) is 1.71. The third-order valence-electron chi connectivity index (χ3n) is 3.25. The molecule has 0 saturated heterocycles. The Balaban J connectivity index is 1.62. The van der Waals surface area contributed by atoms with Crippen LogP contribution in [0.25, 0.3) is 11.6 Å². The van der Waals surface area contributed by atoms with E-state index in [4.69, 9.17) is 8.94 Å². The lowest BCUT2D eigenvalue weighted by Gasteiger charge is -2.04. The number of hydrogen-bond acceptors (Lipinski definition) is 5. The fraction of sp³-hybridized carbons (Fsp3) is 0.143. The molecule has 0 bridgehead atoms. The highest BCUT2D eigenvalue weighted by atomic mass is 16.5. The summed E-state index contributed by atoms with van der Waals surface area (Å²) in [5.74, 6) is 1.69. The summed E-state index contributed by atoms with van der Waals surface area (Å²) in [6.45, 7) is 0. The molecule has 3 aromatic rings. The molecule has 2 aromatic heterocycles. The average molecular weight is 253 g/mol. The number of benzene rings is 1. The Morgan fingerprint density at radius 1 is 1.16 bits per heavy atom. The second-order valence-electron chi connectivity index (χ2n) is 4.49. The Labute approximate surface area is 109 Å². The maximum atomic E-state index is 5.32. The smallest absolute Gasteiger partial charge is 0.249 e. The lowest BCUT2D eigenvalue weighted by molar-refractivity contribution is 0.363. The van der Waals surface area contributed by atoms with Crippen LogP contribution in [0.1, 0.15) is 17.5 Å². The van der Waals surface area contributed by atoms with Gasteiger partial charge in [0.25, 0.3) is 0 Å². The average Bonchev–Trinajstić information content (AvgIpc) is 3.17. The normalized spacial score (nSPS) is 17.2. The minimum atomic E-state index is 0.0358. The van der Waals surface area contributed by atoms with E-state index in [1.165, 1.54) is 5.56 Å². The molecule has 19 heavy (non-hydrogen) atoms. The van der Waals surface area contributed by atoms with Gasteiger partial charge >= 0.3 is 0 Å². The molecule has 1 atom stereocenters. The van der Waals surface area contributed by atoms with E-state index in [2.05, 4.69) is 27.6 Å². The number of fused-ring (bicyclic) bond motifs is 1. The van der Waals surface area contributed by atoms with E-state index >= 15 is 0 Å². The predicted molar refractivity (Wildman–Crippen MR) is 68.5 cm³/mol. The van der Waals surface area contributed by atoms with Crippen LogP contribution in [-0.4, -0.2) is 10.1 Å². The fourth-order valence-electron chi connectivity index (χ4n) is 2.33. The minimum absolute atomic E-state index is 0.0358. The standard InChI is InChI=1S/C14H11N3O2/c1-2-5-10-9(4-1)8-11(15-10)14-16-13(17-19-14)12-6-3-7-18-12/h1-7,11,15H,8H2. The van der Waals surface area contributed by atoms with Crippen LogP contribution in [0.3, 0.4) is 0 Å². The molecule has 1 aliphatic heterocycles. The maximum Gasteiger partial charge on any atom is 0.249 e. The highest BCUT2D eigenvalue weighted by Crippen LogP contribution is 2.33. The molecule has 94 valence electrons. The summed E-state index contributed by atoms with van der Waals surface area (Å²) in [5.41, 5.74) is 2.40. The first-order valence-corrected chi connectivity index (χ1v) is 6.12. The van der Waals surface area contributed by atoms with Gasteiger partial charge in [0.2, 0.25) is 11.7 Å². The summed E-state index contributed by atoms with van der Waals surface area (Å²) in [4.78, 5) is 4.38. The molecule has 0 aliphatic carbocycles. The van der Waals surface area contributed by atoms with Crippen LogP contribution < -0.4 is 5.32 Å². The molecule has 3 heterocycles. The van der Waals surface area contributed by atoms with Gasteiger partial charge < -0.3 is 14.3 Å². The van der Waals surface area contributed by atoms with E-state index in [0.717, 1.165) is 12.1 Å². The summed E-state index contributed by atoms with van der Waals surface area (Å²) < 4.78 is 10.6. The fourth-order valence-corrected chi connectivity index (χ4v) is 2.33. The van der Waals surface area contributed by atoms with Gasteiger partial charge in [0.05, 0.1) is 6.26 Å². The first-order chi connectivity index (χ1) is 9.40. The molecule has 1 aliphatic rings. The van der Waals surface area contributed by atoms with Crippen LogP contribution in [0, 0.1) is 0 Å². The molecular formula is C14H11N3O2. The van der Waals surface area contributed by atoms with E-state index in [1.54, 1.807) is 12.3 Å². The van der Waals surface area contributed by atoms with Crippen LogP contribution in [-0.2, 0) is 6.42 Å². The van der Waals surface area contributed by atoms with E-state index in [1.807, 2.05) is 18.2 Å². The van der Waals surface area contributed by atoms with Gasteiger partial charge in [-0.05, 0) is 23.8 Å². The van der Waals surface area contributed by atoms with Crippen LogP contribution in [0.5, 0.6) is 0 Å². The van der Waals surface area contributed by atoms with Crippen molar-refractivity contribution in [2.24, 2.45) is 0 Å². The zero-order valence-corrected chi connectivity index (χ0v) is 10.0. The van der Waals surface area contributed by atoms with Crippen molar-refractivity contribution in [2.45, 2.75) is 12.5 Å². The zero-order chi connectivity index (χ0) is 12.7. The zero-order valence-electron chi connectivity index (χ0n) is 10.0. The maximum absolute atomic E-state index is 5.32. The van der Waals surface area contributed by atoms with E-state index in [0.29, 0.717) is 17.5 Å². The van der Waals surface area contributed by atoms with Crippen LogP contribution in [0.2, 0.25) is 0 Å². The van der Waals surface area contributed by atoms with Crippen molar-refractivity contribution in [3.05, 3.63) is 54.1 Å². The molecule has 4 rings (SSSR count). The Morgan fingerprint density at radius 2 is 2.11 bits per heavy atom. The van der Waals surface area contributed by atoms with Crippen molar-refractivity contribution in [3.63, 3.8) is 0 Å². The molecule has 1 N–H and O–H groups in total. The molecule has 5 nitrogen and oxygen atoms in total. The number of rotatable bonds is 2. The molecule has 1 unspecified atom stereocenters. The number of anilines is 1. The van der Waals surface area contributed by atoms with Gasteiger partial charge in [-0.2, -0.15) is 4.98 Å². The molecule has 0 spiro atoms. The minimum Gasteiger partial charge on any atom is -0.461 e. The number of aromatic nitrogens is 2. The second-order valence-corrected chi connectivity index (χ2v) is 4.49. The van der Waals surface area contributed by atoms with E-state index < -0.39 is 0 Å². The summed E-state index contributed by atoms with van der Waals surface area (Å²) >= 11 is 0. The molecule has 0 amide bonds. The van der Waals surface area contributed by atoms with Gasteiger partial charge in [-0.15, -0.1) is 0 Å². The van der Waals surface area contributed by atoms with Crippen LogP contribution in [0.15, 0.2) is 51.6 Å². The second kappa shape index (κ2) is 3.98. The summed E-state index contributed by atoms with van der Waals surface area (Å²) in [6, 6.07) is 11.8. The quantitative estimate of drug-likeness (QED) is 0.760. The SMILES string of the molecule is c1coc(-c2noc(C3Cc4ccccc4N3)n2)c1. The van der Waals surface area contributed by atoms with Crippen molar-refractivity contribution < 1.29 is 8.94 Å². The lowest BCUT2D eigenvalue weighted by Crippen LogP contribution is -2.05. The summed E-state index contributed by atoms with van der Waals surface area (Å²) in [7, 11) is 0. The van der Waals surface area contributed by atoms with Crippen molar-refractivity contribution in [3.8, 4) is 11.6 Å². The highest BCUT2D eigenvalue weighted by Gasteiger charge is 2.26. The molecule has 5 heteroatoms. The lowest BCUT2D eigenvalue weighted by atomic mass is 10.1. The molecular weight excluding hydrogens is 242 g/mol. The van der Waals surface area contributed by atoms with Gasteiger partial charge in [0, 0.05) is 12.1 Å². The van der Waals surface area contributed by atoms with Gasteiger partial charge in [-0.25, -0.2) is 0 Å². The van der Waals surface area contributed by atoms with Gasteiger partial charge in [0.1, 0.15) is 6.04 Å². The van der Waals surface area contributed by atoms with Gasteiger partial charge in [-0.3, -0.25) is 0 Å². The molecule has 0 fully saturated rings. The molecule has 0 saturated carbocycles. The Hall–Kier alpha value is -2.56. The third-order valence-corrected chi connectivity index (χ3v) is 3.25. The summed E-state index contributed by atoms with van der Waals surface area (Å²) in [6.07, 6.45) is 2.45. The van der Waals surface area contributed by atoms with Gasteiger partial charge in [0.15, 0.2) is 5.76 Å². The van der Waals surface area contributed by atoms with E-state index in [9.17, 15) is 0 Å². The highest BCUT2D eigenvalue weighted by molar-refractivity contribution is 5.57. The monoisotopic (exact) mass is 253 g/mol. The number of hydrogen-bond donors (Lipinski definition) is 1. The first-order valence-electron chi connectivity index (χ1n) is 6.12. The number of furan rings is 1. The first kappa shape index (κ1) is 10.4. The van der Waals surface area contributed by atoms with Crippen molar-refractivity contribution in [2.75, 3.05) is 5.32 Å². The van der Waals surface area contributed by atoms with E-state index in [-0.39, 0.29) is 6.04 Å². The largest absolute Gasteiger partial charge is 0.461 e. The topological polar surface area (TPSA) is 64.1 Å². The number of nitrogens with one attached hydrogen (secondary N) is 1. The van der Waals surface area contributed by atoms with Crippen molar-refractivity contribution >= 4 is 5.69 Å². The summed E-state index contributed by atoms with van der Waals surface area (Å²) in [5, 5.41) is 7.33. The van der Waals surface area contributed by atoms with Crippen molar-refractivity contribution in [1.29, 1.82) is 0 Å². The van der Waals surface area contributed by atoms with Crippen LogP contribution >= 0.6 is 0 Å². The predicted octanol–water partition coefficient (Wildman–Crippen LogP) is 3.04. The molecule has 0 radical (unpaired) electrons. The van der Waals surface area contributed by atoms with Crippen molar-refractivity contribution in [1.82, 2.24) is 10.1 Å². The number of para-hydroxylation sites is 1. The molecule has 1 aromatic carbocycles. The number of nitrogens with zero attached hydrogens (tertiary/aromatic N) is 2. The van der Waals surface area contributed by atoms with Crippen LogP contribution in [0.4, 0.5) is 5.69 Å².